The van der Waals surface area contributed by atoms with Gasteiger partial charge in [-0.1, -0.05) is 0 Å². The van der Waals surface area contributed by atoms with Gasteiger partial charge in [-0.3, -0.25) is 4.21 Å². The third-order valence-corrected chi connectivity index (χ3v) is 2.01. The molecule has 0 aromatic heterocycles. The second-order valence-electron chi connectivity index (χ2n) is 5.19. The largest absolute Gasteiger partial charge is 0.363 e. The molecule has 0 rings (SSSR count). The van der Waals surface area contributed by atoms with Gasteiger partial charge in [-0.15, -0.1) is 0 Å². The highest BCUT2D eigenvalue weighted by Gasteiger charge is 2.15. The molecule has 4 heteroatoms. The normalized spacial score (nSPS) is 13.6. The molecule has 0 unspecified atom stereocenters. The first-order valence-electron chi connectivity index (χ1n) is 4.73. The molecule has 0 bridgehead atoms. The molecule has 0 atom stereocenters. The number of hydrogen-bond donors (Lipinski definition) is 0. The Bertz CT molecular complexity index is 169. The van der Waals surface area contributed by atoms with E-state index in [0.717, 1.165) is 0 Å². The van der Waals surface area contributed by atoms with E-state index in [-0.39, 0.29) is 23.1 Å². The van der Waals surface area contributed by atoms with Crippen LogP contribution in [-0.4, -0.2) is 27.3 Å². The lowest BCUT2D eigenvalue weighted by molar-refractivity contribution is 0.0152. The molecule has 0 radical (unpaired) electrons. The second kappa shape index (κ2) is 5.24. The first kappa shape index (κ1) is 14.1. The van der Waals surface area contributed by atoms with Crippen molar-refractivity contribution in [1.29, 1.82) is 0 Å². The van der Waals surface area contributed by atoms with Gasteiger partial charge in [0.2, 0.25) is 0 Å². The molecule has 0 saturated heterocycles. The van der Waals surface area contributed by atoms with Gasteiger partial charge in [-0.05, 0) is 41.5 Å². The van der Waals surface area contributed by atoms with E-state index in [4.69, 9.17) is 9.47 Å². The highest BCUT2D eigenvalue weighted by molar-refractivity contribution is 7.84. The Morgan fingerprint density at radius 1 is 0.857 bits per heavy atom. The van der Waals surface area contributed by atoms with Gasteiger partial charge in [0.25, 0.3) is 0 Å². The fraction of sp³-hybridized carbons (Fsp3) is 1.00. The predicted octanol–water partition coefficient (Wildman–Crippen LogP) is 2.28. The Hall–Kier alpha value is 0.0700. The summed E-state index contributed by atoms with van der Waals surface area (Å²) in [5.41, 5.74) is -0.477. The summed E-state index contributed by atoms with van der Waals surface area (Å²) in [5, 5.41) is 0. The van der Waals surface area contributed by atoms with Gasteiger partial charge < -0.3 is 9.47 Å². The SMILES string of the molecule is CC(C)(C)OCS(=O)COC(C)(C)C. The van der Waals surface area contributed by atoms with Gasteiger partial charge in [0.15, 0.2) is 0 Å². The maximum atomic E-state index is 11.4. The van der Waals surface area contributed by atoms with E-state index in [1.54, 1.807) is 0 Å². The third-order valence-electron chi connectivity index (χ3n) is 1.25. The standard InChI is InChI=1S/C10H22O3S/c1-9(2,3)12-7-14(11)8-13-10(4,5)6/h7-8H2,1-6H3. The van der Waals surface area contributed by atoms with Crippen molar-refractivity contribution in [1.82, 2.24) is 0 Å². The van der Waals surface area contributed by atoms with Crippen LogP contribution < -0.4 is 0 Å². The molecule has 0 aliphatic rings. The highest BCUT2D eigenvalue weighted by Crippen LogP contribution is 2.10. The Balaban J connectivity index is 3.68. The van der Waals surface area contributed by atoms with E-state index < -0.39 is 10.8 Å². The number of ether oxygens (including phenoxy) is 2. The molecule has 86 valence electrons. The molecule has 3 nitrogen and oxygen atoms in total. The minimum atomic E-state index is -1.06. The Morgan fingerprint density at radius 2 is 1.14 bits per heavy atom. The monoisotopic (exact) mass is 222 g/mol. The average molecular weight is 222 g/mol. The number of rotatable bonds is 4. The Kier molecular flexibility index (Phi) is 5.26. The fourth-order valence-corrected chi connectivity index (χ4v) is 1.56. The smallest absolute Gasteiger partial charge is 0.125 e. The quantitative estimate of drug-likeness (QED) is 0.732. The van der Waals surface area contributed by atoms with Crippen molar-refractivity contribution < 1.29 is 13.7 Å². The minimum Gasteiger partial charge on any atom is -0.363 e. The van der Waals surface area contributed by atoms with E-state index in [9.17, 15) is 4.21 Å². The maximum Gasteiger partial charge on any atom is 0.125 e. The molecule has 0 aliphatic heterocycles. The zero-order valence-electron chi connectivity index (χ0n) is 10.0. The third kappa shape index (κ3) is 10.2. The summed E-state index contributed by atoms with van der Waals surface area (Å²) >= 11 is 0. The van der Waals surface area contributed by atoms with Crippen molar-refractivity contribution in [3.8, 4) is 0 Å². The topological polar surface area (TPSA) is 35.5 Å². The van der Waals surface area contributed by atoms with Crippen LogP contribution >= 0.6 is 0 Å². The van der Waals surface area contributed by atoms with E-state index in [2.05, 4.69) is 0 Å². The van der Waals surface area contributed by atoms with Crippen LogP contribution in [0.5, 0.6) is 0 Å². The Labute approximate surface area is 89.6 Å². The van der Waals surface area contributed by atoms with Crippen molar-refractivity contribution in [3.63, 3.8) is 0 Å². The first-order valence-corrected chi connectivity index (χ1v) is 6.22. The molecule has 0 saturated carbocycles. The van der Waals surface area contributed by atoms with Crippen LogP contribution in [0.1, 0.15) is 41.5 Å². The van der Waals surface area contributed by atoms with Gasteiger partial charge in [-0.2, -0.15) is 0 Å². The summed E-state index contributed by atoms with van der Waals surface area (Å²) in [6.45, 7) is 11.6. The summed E-state index contributed by atoms with van der Waals surface area (Å²) in [6.07, 6.45) is 0. The predicted molar refractivity (Wildman–Crippen MR) is 59.6 cm³/mol. The summed E-state index contributed by atoms with van der Waals surface area (Å²) in [6, 6.07) is 0. The molecule has 0 N–H and O–H groups in total. The zero-order valence-corrected chi connectivity index (χ0v) is 10.9. The van der Waals surface area contributed by atoms with Crippen molar-refractivity contribution in [2.45, 2.75) is 52.7 Å². The van der Waals surface area contributed by atoms with Crippen LogP contribution in [-0.2, 0) is 20.3 Å². The zero-order chi connectivity index (χ0) is 11.4. The fourth-order valence-electron chi connectivity index (χ4n) is 0.519. The molecule has 0 aliphatic carbocycles. The molecule has 0 heterocycles. The summed E-state index contributed by atoms with van der Waals surface area (Å²) in [5.74, 6) is 0.471. The van der Waals surface area contributed by atoms with Crippen LogP contribution in [0.2, 0.25) is 0 Å². The van der Waals surface area contributed by atoms with Crippen molar-refractivity contribution in [2.75, 3.05) is 11.9 Å². The maximum absolute atomic E-state index is 11.4. The van der Waals surface area contributed by atoms with E-state index >= 15 is 0 Å². The molecule has 0 spiro atoms. The van der Waals surface area contributed by atoms with Gasteiger partial charge in [-0.25, -0.2) is 0 Å². The van der Waals surface area contributed by atoms with Gasteiger partial charge in [0.1, 0.15) is 11.9 Å². The lowest BCUT2D eigenvalue weighted by atomic mass is 10.2. The van der Waals surface area contributed by atoms with Crippen LogP contribution in [0.15, 0.2) is 0 Å². The summed E-state index contributed by atoms with van der Waals surface area (Å²) in [4.78, 5) is 0. The van der Waals surface area contributed by atoms with Crippen molar-refractivity contribution in [2.24, 2.45) is 0 Å². The van der Waals surface area contributed by atoms with Crippen molar-refractivity contribution >= 4 is 10.8 Å². The van der Waals surface area contributed by atoms with Gasteiger partial charge in [0, 0.05) is 0 Å². The van der Waals surface area contributed by atoms with Gasteiger partial charge in [0.05, 0.1) is 22.0 Å². The Morgan fingerprint density at radius 3 is 1.36 bits per heavy atom. The second-order valence-corrected chi connectivity index (χ2v) is 6.54. The molecule has 0 aromatic carbocycles. The van der Waals surface area contributed by atoms with Crippen molar-refractivity contribution in [3.05, 3.63) is 0 Å². The van der Waals surface area contributed by atoms with Crippen LogP contribution in [0.4, 0.5) is 0 Å². The molecule has 0 aromatic rings. The minimum absolute atomic E-state index is 0.236. The molecular weight excluding hydrogens is 200 g/mol. The summed E-state index contributed by atoms with van der Waals surface area (Å²) in [7, 11) is -1.06. The van der Waals surface area contributed by atoms with Gasteiger partial charge >= 0.3 is 0 Å². The van der Waals surface area contributed by atoms with E-state index in [0.29, 0.717) is 0 Å². The van der Waals surface area contributed by atoms with Crippen LogP contribution in [0, 0.1) is 0 Å². The highest BCUT2D eigenvalue weighted by atomic mass is 32.2. The van der Waals surface area contributed by atoms with E-state index in [1.165, 1.54) is 0 Å². The molecule has 14 heavy (non-hydrogen) atoms. The average Bonchev–Trinajstić information content (AvgIpc) is 1.94. The summed E-state index contributed by atoms with van der Waals surface area (Å²) < 4.78 is 22.1. The van der Waals surface area contributed by atoms with Crippen LogP contribution in [0.25, 0.3) is 0 Å². The lowest BCUT2D eigenvalue weighted by Gasteiger charge is -2.21. The molecule has 0 amide bonds. The van der Waals surface area contributed by atoms with Crippen LogP contribution in [0.3, 0.4) is 0 Å². The molecular formula is C10H22O3S. The number of hydrogen-bond acceptors (Lipinski definition) is 3. The molecule has 0 fully saturated rings. The lowest BCUT2D eigenvalue weighted by Crippen LogP contribution is -2.26. The van der Waals surface area contributed by atoms with E-state index in [1.807, 2.05) is 41.5 Å². The first-order chi connectivity index (χ1) is 6.10.